The van der Waals surface area contributed by atoms with E-state index >= 15 is 0 Å². The summed E-state index contributed by atoms with van der Waals surface area (Å²) in [6, 6.07) is -0.334. The molecule has 0 radical (unpaired) electrons. The molecular formula is C11H17N3O3S. The molecule has 0 bridgehead atoms. The van der Waals surface area contributed by atoms with Crippen molar-refractivity contribution < 1.29 is 14.9 Å². The van der Waals surface area contributed by atoms with Crippen LogP contribution >= 0.6 is 11.8 Å². The standard InChI is InChI=1S/C11H17N3O3S/c1-3-12-5-6-8(15)9(16)7-10(17-6)18-11(14-7)13-4-2/h6-10,15-16H,1,4-5H2,2H3,(H,13,14)/t6-,7-,8-,9-,10-/m1/s1. The fraction of sp³-hybridized carbons (Fsp3) is 0.727. The van der Waals surface area contributed by atoms with E-state index < -0.39 is 18.3 Å². The lowest BCUT2D eigenvalue weighted by atomic mass is 9.98. The van der Waals surface area contributed by atoms with Crippen molar-refractivity contribution in [1.29, 1.82) is 0 Å². The van der Waals surface area contributed by atoms with Crippen LogP contribution in [-0.4, -0.2) is 64.1 Å². The molecule has 2 aliphatic rings. The average molecular weight is 271 g/mol. The number of nitrogens with one attached hydrogen (secondary N) is 1. The maximum absolute atomic E-state index is 10.1. The van der Waals surface area contributed by atoms with E-state index in [-0.39, 0.29) is 18.0 Å². The van der Waals surface area contributed by atoms with Crippen LogP contribution in [0.3, 0.4) is 0 Å². The third-order valence-corrected chi connectivity index (χ3v) is 4.01. The number of hydrogen-bond acceptors (Lipinski definition) is 6. The Kier molecular flexibility index (Phi) is 4.42. The first kappa shape index (κ1) is 13.6. The Hall–Kier alpha value is -0.850. The Labute approximate surface area is 110 Å². The van der Waals surface area contributed by atoms with Gasteiger partial charge in [-0.15, -0.1) is 0 Å². The highest BCUT2D eigenvalue weighted by molar-refractivity contribution is 8.14. The van der Waals surface area contributed by atoms with Crippen molar-refractivity contribution in [2.75, 3.05) is 13.1 Å². The highest BCUT2D eigenvalue weighted by Crippen LogP contribution is 2.33. The molecule has 7 heteroatoms. The summed E-state index contributed by atoms with van der Waals surface area (Å²) in [5.74, 6) is 2.40. The molecule has 2 fully saturated rings. The molecule has 3 N–H and O–H groups in total. The molecule has 0 aromatic heterocycles. The first-order valence-electron chi connectivity index (χ1n) is 5.85. The normalized spacial score (nSPS) is 41.1. The molecule has 100 valence electrons. The van der Waals surface area contributed by atoms with Gasteiger partial charge in [0, 0.05) is 6.54 Å². The lowest BCUT2D eigenvalue weighted by Crippen LogP contribution is -2.59. The van der Waals surface area contributed by atoms with Crippen LogP contribution in [0.2, 0.25) is 0 Å². The number of fused-ring (bicyclic) bond motifs is 1. The van der Waals surface area contributed by atoms with Crippen molar-refractivity contribution in [3.05, 3.63) is 6.58 Å². The molecule has 0 amide bonds. The molecule has 0 saturated carbocycles. The highest BCUT2D eigenvalue weighted by Gasteiger charge is 2.48. The second-order valence-corrected chi connectivity index (χ2v) is 5.18. The van der Waals surface area contributed by atoms with E-state index in [1.54, 1.807) is 0 Å². The van der Waals surface area contributed by atoms with Crippen LogP contribution in [0.15, 0.2) is 16.6 Å². The minimum atomic E-state index is -0.975. The van der Waals surface area contributed by atoms with Crippen molar-refractivity contribution in [3.63, 3.8) is 0 Å². The maximum atomic E-state index is 10.1. The SMILES string of the molecule is C=C=NC[C@H]1O[C@@H]2SC(=NCC)N[C@@H]2[C@@H](O)[C@@H]1O. The van der Waals surface area contributed by atoms with Gasteiger partial charge in [0.25, 0.3) is 0 Å². The molecule has 18 heavy (non-hydrogen) atoms. The van der Waals surface area contributed by atoms with Crippen molar-refractivity contribution >= 4 is 22.8 Å². The summed E-state index contributed by atoms with van der Waals surface area (Å²) >= 11 is 1.43. The lowest BCUT2D eigenvalue weighted by molar-refractivity contribution is -0.151. The quantitative estimate of drug-likeness (QED) is 0.595. The Morgan fingerprint density at radius 2 is 2.28 bits per heavy atom. The van der Waals surface area contributed by atoms with Gasteiger partial charge < -0.3 is 20.3 Å². The average Bonchev–Trinajstić information content (AvgIpc) is 2.75. The zero-order valence-corrected chi connectivity index (χ0v) is 10.9. The van der Waals surface area contributed by atoms with E-state index in [0.717, 1.165) is 5.17 Å². The number of thioether (sulfide) groups is 1. The van der Waals surface area contributed by atoms with Gasteiger partial charge >= 0.3 is 0 Å². The Balaban J connectivity index is 2.08. The fourth-order valence-electron chi connectivity index (χ4n) is 2.00. The number of hydrogen-bond donors (Lipinski definition) is 3. The van der Waals surface area contributed by atoms with Crippen LogP contribution in [0.5, 0.6) is 0 Å². The molecule has 2 saturated heterocycles. The van der Waals surface area contributed by atoms with Crippen LogP contribution in [0.1, 0.15) is 6.92 Å². The van der Waals surface area contributed by atoms with Crippen LogP contribution in [0, 0.1) is 0 Å². The summed E-state index contributed by atoms with van der Waals surface area (Å²) in [5.41, 5.74) is -0.251. The van der Waals surface area contributed by atoms with Gasteiger partial charge in [0.15, 0.2) is 5.17 Å². The molecule has 2 aliphatic heterocycles. The number of ether oxygens (including phenoxy) is 1. The molecule has 5 atom stereocenters. The molecule has 6 nitrogen and oxygen atoms in total. The lowest BCUT2D eigenvalue weighted by Gasteiger charge is -2.38. The van der Waals surface area contributed by atoms with Gasteiger partial charge in [-0.1, -0.05) is 11.8 Å². The summed E-state index contributed by atoms with van der Waals surface area (Å²) in [5, 5.41) is 23.8. The number of aliphatic hydroxyl groups is 2. The summed E-state index contributed by atoms with van der Waals surface area (Å²) in [7, 11) is 0. The molecule has 0 unspecified atom stereocenters. The van der Waals surface area contributed by atoms with Gasteiger partial charge in [0.2, 0.25) is 0 Å². The largest absolute Gasteiger partial charge is 0.388 e. The van der Waals surface area contributed by atoms with E-state index in [9.17, 15) is 10.2 Å². The van der Waals surface area contributed by atoms with Crippen molar-refractivity contribution in [2.24, 2.45) is 9.98 Å². The fourth-order valence-corrected chi connectivity index (χ4v) is 3.21. The minimum Gasteiger partial charge on any atom is -0.388 e. The van der Waals surface area contributed by atoms with Crippen molar-refractivity contribution in [2.45, 2.75) is 36.7 Å². The highest BCUT2D eigenvalue weighted by atomic mass is 32.2. The molecular weight excluding hydrogens is 254 g/mol. The number of aliphatic imine (C=N–C) groups is 2. The second-order valence-electron chi connectivity index (χ2n) is 4.09. The number of rotatable bonds is 3. The van der Waals surface area contributed by atoms with Crippen LogP contribution < -0.4 is 5.32 Å². The molecule has 0 aliphatic carbocycles. The molecule has 0 aromatic carbocycles. The van der Waals surface area contributed by atoms with Crippen LogP contribution in [-0.2, 0) is 4.74 Å². The molecule has 0 aromatic rings. The zero-order valence-electron chi connectivity index (χ0n) is 10.1. The van der Waals surface area contributed by atoms with Crippen LogP contribution in [0.25, 0.3) is 0 Å². The predicted molar refractivity (Wildman–Crippen MR) is 71.1 cm³/mol. The van der Waals surface area contributed by atoms with Crippen LogP contribution in [0.4, 0.5) is 0 Å². The third-order valence-electron chi connectivity index (χ3n) is 2.90. The van der Waals surface area contributed by atoms with Gasteiger partial charge in [-0.3, -0.25) is 4.99 Å². The van der Waals surface area contributed by atoms with Gasteiger partial charge in [0.1, 0.15) is 23.7 Å². The van der Waals surface area contributed by atoms with E-state index in [4.69, 9.17) is 4.74 Å². The van der Waals surface area contributed by atoms with Gasteiger partial charge in [-0.25, -0.2) is 4.99 Å². The van der Waals surface area contributed by atoms with Crippen molar-refractivity contribution in [1.82, 2.24) is 5.32 Å². The van der Waals surface area contributed by atoms with Crippen molar-refractivity contribution in [3.8, 4) is 0 Å². The van der Waals surface area contributed by atoms with E-state index in [2.05, 4.69) is 27.8 Å². The Bertz CT molecular complexity index is 384. The smallest absolute Gasteiger partial charge is 0.159 e. The van der Waals surface area contributed by atoms with Gasteiger partial charge in [-0.2, -0.15) is 0 Å². The third kappa shape index (κ3) is 2.60. The zero-order chi connectivity index (χ0) is 13.1. The monoisotopic (exact) mass is 271 g/mol. The first-order valence-corrected chi connectivity index (χ1v) is 6.73. The molecule has 2 heterocycles. The summed E-state index contributed by atoms with van der Waals surface area (Å²) < 4.78 is 5.72. The Morgan fingerprint density at radius 1 is 1.50 bits per heavy atom. The molecule has 0 spiro atoms. The summed E-state index contributed by atoms with van der Waals surface area (Å²) in [6.07, 6.45) is -2.41. The van der Waals surface area contributed by atoms with Gasteiger partial charge in [-0.05, 0) is 19.4 Å². The minimum absolute atomic E-state index is 0.242. The number of nitrogens with zero attached hydrogens (tertiary/aromatic N) is 2. The second kappa shape index (κ2) is 5.86. The van der Waals surface area contributed by atoms with E-state index in [1.807, 2.05) is 6.92 Å². The first-order chi connectivity index (χ1) is 8.67. The predicted octanol–water partition coefficient (Wildman–Crippen LogP) is -0.630. The number of aliphatic hydroxyl groups excluding tert-OH is 2. The van der Waals surface area contributed by atoms with E-state index in [1.165, 1.54) is 11.8 Å². The summed E-state index contributed by atoms with van der Waals surface area (Å²) in [6.45, 7) is 6.21. The molecule has 2 rings (SSSR count). The topological polar surface area (TPSA) is 86.4 Å². The maximum Gasteiger partial charge on any atom is 0.159 e. The van der Waals surface area contributed by atoms with Gasteiger partial charge in [0.05, 0.1) is 12.6 Å². The Morgan fingerprint density at radius 3 is 2.94 bits per heavy atom. The summed E-state index contributed by atoms with van der Waals surface area (Å²) in [4.78, 5) is 8.08. The number of amidine groups is 1. The van der Waals surface area contributed by atoms with E-state index in [0.29, 0.717) is 6.54 Å².